The van der Waals surface area contributed by atoms with Crippen molar-refractivity contribution in [2.75, 3.05) is 65.3 Å². The first-order chi connectivity index (χ1) is 12.7. The normalized spacial score (nSPS) is 27.6. The highest BCUT2D eigenvalue weighted by Gasteiger charge is 2.39. The van der Waals surface area contributed by atoms with E-state index in [2.05, 4.69) is 0 Å². The van der Waals surface area contributed by atoms with E-state index in [9.17, 15) is 21.6 Å². The van der Waals surface area contributed by atoms with Gasteiger partial charge in [-0.15, -0.1) is 0 Å². The van der Waals surface area contributed by atoms with Crippen molar-refractivity contribution in [2.45, 2.75) is 25.3 Å². The zero-order valence-corrected chi connectivity index (χ0v) is 17.3. The van der Waals surface area contributed by atoms with Crippen LogP contribution in [0.4, 0.5) is 0 Å². The number of piperidine rings is 1. The number of carbonyl (C=O) groups is 1. The quantitative estimate of drug-likeness (QED) is 0.545. The number of morpholine rings is 1. The highest BCUT2D eigenvalue weighted by Crippen LogP contribution is 2.23. The lowest BCUT2D eigenvalue weighted by Crippen LogP contribution is -2.59. The maximum Gasteiger partial charge on any atom is 0.282 e. The number of sulfonamides is 1. The summed E-state index contributed by atoms with van der Waals surface area (Å²) in [6.45, 7) is 2.81. The van der Waals surface area contributed by atoms with Crippen molar-refractivity contribution in [3.05, 3.63) is 0 Å². The van der Waals surface area contributed by atoms with E-state index in [1.807, 2.05) is 0 Å². The number of nitrogens with zero attached hydrogens (tertiary/aromatic N) is 4. The molecule has 0 radical (unpaired) electrons. The van der Waals surface area contributed by atoms with Gasteiger partial charge in [-0.25, -0.2) is 8.42 Å². The van der Waals surface area contributed by atoms with Crippen molar-refractivity contribution in [1.82, 2.24) is 17.8 Å². The van der Waals surface area contributed by atoms with Gasteiger partial charge in [0.05, 0.1) is 19.5 Å². The van der Waals surface area contributed by atoms with Gasteiger partial charge in [0.2, 0.25) is 15.9 Å². The monoisotopic (exact) mass is 424 g/mol. The average molecular weight is 425 g/mol. The van der Waals surface area contributed by atoms with E-state index >= 15 is 0 Å². The van der Waals surface area contributed by atoms with Crippen LogP contribution in [-0.2, 0) is 29.8 Å². The number of rotatable bonds is 4. The minimum atomic E-state index is -3.55. The van der Waals surface area contributed by atoms with Crippen molar-refractivity contribution < 1.29 is 26.4 Å². The predicted molar refractivity (Wildman–Crippen MR) is 98.7 cm³/mol. The Hall–Kier alpha value is -0.790. The zero-order valence-electron chi connectivity index (χ0n) is 15.6. The highest BCUT2D eigenvalue weighted by atomic mass is 32.2. The van der Waals surface area contributed by atoms with E-state index < -0.39 is 26.3 Å². The van der Waals surface area contributed by atoms with E-state index in [0.29, 0.717) is 39.3 Å². The molecule has 0 aromatic rings. The Bertz CT molecular complexity index is 742. The number of hydrogen-bond acceptors (Lipinski definition) is 6. The van der Waals surface area contributed by atoms with Crippen LogP contribution in [0.5, 0.6) is 0 Å². The Labute approximate surface area is 161 Å². The summed E-state index contributed by atoms with van der Waals surface area (Å²) in [5.74, 6) is -0.219. The second kappa shape index (κ2) is 8.29. The Morgan fingerprint density at radius 1 is 0.852 bits per heavy atom. The molecule has 0 bridgehead atoms. The summed E-state index contributed by atoms with van der Waals surface area (Å²) in [5.41, 5.74) is 0. The molecule has 0 N–H and O–H groups in total. The molecule has 3 saturated heterocycles. The molecule has 1 unspecified atom stereocenters. The standard InChI is InChI=1S/C15H28N4O6S2/c1-26(21,22)19-5-3-2-4-14(19)15(20)16-6-8-17(9-7-16)27(23,24)18-10-12-25-13-11-18/h14H,2-13H2,1H3. The molecule has 1 amide bonds. The molecular weight excluding hydrogens is 396 g/mol. The Morgan fingerprint density at radius 2 is 1.44 bits per heavy atom. The van der Waals surface area contributed by atoms with Crippen LogP contribution in [0.2, 0.25) is 0 Å². The molecule has 0 aromatic carbocycles. The van der Waals surface area contributed by atoms with E-state index in [1.54, 1.807) is 4.90 Å². The van der Waals surface area contributed by atoms with Crippen LogP contribution >= 0.6 is 0 Å². The largest absolute Gasteiger partial charge is 0.379 e. The SMILES string of the molecule is CS(=O)(=O)N1CCCCC1C(=O)N1CCN(S(=O)(=O)N2CCOCC2)CC1. The topological polar surface area (TPSA) is 108 Å². The molecule has 3 aliphatic rings. The zero-order chi connectivity index (χ0) is 19.7. The number of piperazine rings is 1. The maximum atomic E-state index is 12.9. The Kier molecular flexibility index (Phi) is 6.43. The lowest BCUT2D eigenvalue weighted by atomic mass is 10.0. The number of ether oxygens (including phenoxy) is 1. The minimum Gasteiger partial charge on any atom is -0.379 e. The van der Waals surface area contributed by atoms with Gasteiger partial charge in [0.1, 0.15) is 6.04 Å². The first-order valence-corrected chi connectivity index (χ1v) is 12.5. The number of hydrogen-bond donors (Lipinski definition) is 0. The fraction of sp³-hybridized carbons (Fsp3) is 0.933. The molecule has 27 heavy (non-hydrogen) atoms. The third-order valence-corrected chi connectivity index (χ3v) is 8.66. The molecule has 0 aromatic heterocycles. The molecule has 3 aliphatic heterocycles. The molecule has 0 saturated carbocycles. The summed E-state index contributed by atoms with van der Waals surface area (Å²) in [6.07, 6.45) is 3.21. The van der Waals surface area contributed by atoms with Gasteiger partial charge in [-0.2, -0.15) is 21.3 Å². The van der Waals surface area contributed by atoms with Crippen molar-refractivity contribution in [1.29, 1.82) is 0 Å². The van der Waals surface area contributed by atoms with E-state index in [4.69, 9.17) is 4.74 Å². The van der Waals surface area contributed by atoms with Crippen molar-refractivity contribution >= 4 is 26.1 Å². The lowest BCUT2D eigenvalue weighted by Gasteiger charge is -2.40. The van der Waals surface area contributed by atoms with Crippen LogP contribution in [0.25, 0.3) is 0 Å². The molecule has 3 fully saturated rings. The van der Waals surface area contributed by atoms with Crippen molar-refractivity contribution in [3.63, 3.8) is 0 Å². The fourth-order valence-corrected chi connectivity index (χ4v) is 6.52. The molecule has 156 valence electrons. The van der Waals surface area contributed by atoms with Crippen LogP contribution in [0, 0.1) is 0 Å². The summed E-state index contributed by atoms with van der Waals surface area (Å²) in [5, 5.41) is 0. The second-order valence-electron chi connectivity index (χ2n) is 7.13. The van der Waals surface area contributed by atoms with Gasteiger partial charge < -0.3 is 9.64 Å². The Balaban J connectivity index is 1.62. The van der Waals surface area contributed by atoms with Gasteiger partial charge in [-0.05, 0) is 12.8 Å². The van der Waals surface area contributed by atoms with E-state index in [1.165, 1.54) is 12.9 Å². The van der Waals surface area contributed by atoms with E-state index in [0.717, 1.165) is 19.1 Å². The van der Waals surface area contributed by atoms with Crippen molar-refractivity contribution in [3.8, 4) is 0 Å². The molecule has 0 aliphatic carbocycles. The molecule has 0 spiro atoms. The summed E-state index contributed by atoms with van der Waals surface area (Å²) < 4.78 is 58.7. The second-order valence-corrected chi connectivity index (χ2v) is 11.0. The Morgan fingerprint density at radius 3 is 2.04 bits per heavy atom. The average Bonchev–Trinajstić information content (AvgIpc) is 2.67. The number of carbonyl (C=O) groups excluding carboxylic acids is 1. The van der Waals surface area contributed by atoms with Crippen molar-refractivity contribution in [2.24, 2.45) is 0 Å². The summed E-state index contributed by atoms with van der Waals surface area (Å²) in [7, 11) is -7.00. The summed E-state index contributed by atoms with van der Waals surface area (Å²) >= 11 is 0. The van der Waals surface area contributed by atoms with Crippen LogP contribution in [0.15, 0.2) is 0 Å². The van der Waals surface area contributed by atoms with Crippen LogP contribution in [0.1, 0.15) is 19.3 Å². The van der Waals surface area contributed by atoms with Gasteiger partial charge >= 0.3 is 0 Å². The summed E-state index contributed by atoms with van der Waals surface area (Å²) in [4.78, 5) is 14.5. The van der Waals surface area contributed by atoms with Crippen LogP contribution in [0.3, 0.4) is 0 Å². The van der Waals surface area contributed by atoms with Gasteiger partial charge in [0.15, 0.2) is 0 Å². The molecule has 3 heterocycles. The summed E-state index contributed by atoms with van der Waals surface area (Å²) in [6, 6.07) is -0.670. The lowest BCUT2D eigenvalue weighted by molar-refractivity contribution is -0.137. The molecular formula is C15H28N4O6S2. The highest BCUT2D eigenvalue weighted by molar-refractivity contribution is 7.88. The first-order valence-electron chi connectivity index (χ1n) is 9.30. The maximum absolute atomic E-state index is 12.9. The third-order valence-electron chi connectivity index (χ3n) is 5.34. The molecule has 10 nitrogen and oxygen atoms in total. The van der Waals surface area contributed by atoms with Crippen LogP contribution in [-0.4, -0.2) is 112 Å². The smallest absolute Gasteiger partial charge is 0.282 e. The predicted octanol–water partition coefficient (Wildman–Crippen LogP) is -1.48. The first kappa shape index (κ1) is 20.9. The van der Waals surface area contributed by atoms with Gasteiger partial charge in [-0.3, -0.25) is 4.79 Å². The van der Waals surface area contributed by atoms with E-state index in [-0.39, 0.29) is 32.1 Å². The van der Waals surface area contributed by atoms with Gasteiger partial charge in [-0.1, -0.05) is 6.42 Å². The van der Waals surface area contributed by atoms with Crippen LogP contribution < -0.4 is 0 Å². The third kappa shape index (κ3) is 4.62. The molecule has 12 heteroatoms. The van der Waals surface area contributed by atoms with Gasteiger partial charge in [0, 0.05) is 45.8 Å². The minimum absolute atomic E-state index is 0.219. The van der Waals surface area contributed by atoms with Gasteiger partial charge in [0.25, 0.3) is 10.2 Å². The molecule has 1 atom stereocenters. The fourth-order valence-electron chi connectivity index (χ4n) is 3.84. The molecule has 3 rings (SSSR count). The number of amides is 1.